The molecule has 0 spiro atoms. The van der Waals surface area contributed by atoms with Crippen LogP contribution in [-0.4, -0.2) is 29.8 Å². The number of amides is 1. The Morgan fingerprint density at radius 2 is 1.65 bits per heavy atom. The number of carboxylic acids is 1. The minimum Gasteiger partial charge on any atom is -0.480 e. The lowest BCUT2D eigenvalue weighted by atomic mass is 9.98. The molecule has 6 heteroatoms. The molecule has 1 atom stereocenters. The number of nitrogens with one attached hydrogen (secondary N) is 1. The zero-order valence-corrected chi connectivity index (χ0v) is 17.0. The van der Waals surface area contributed by atoms with Gasteiger partial charge < -0.3 is 15.2 Å². The number of aryl methyl sites for hydroxylation is 1. The second kappa shape index (κ2) is 8.60. The van der Waals surface area contributed by atoms with E-state index < -0.39 is 23.9 Å². The molecule has 0 aliphatic heterocycles. The lowest BCUT2D eigenvalue weighted by molar-refractivity contribution is -0.139. The van der Waals surface area contributed by atoms with E-state index in [0.29, 0.717) is 11.1 Å². The number of aliphatic carboxylic acids is 1. The van der Waals surface area contributed by atoms with Crippen LogP contribution >= 0.6 is 0 Å². The predicted octanol–water partition coefficient (Wildman–Crippen LogP) is 4.67. The van der Waals surface area contributed by atoms with E-state index in [9.17, 15) is 19.1 Å². The molecule has 0 aromatic heterocycles. The molecule has 0 bridgehead atoms. The van der Waals surface area contributed by atoms with Crippen LogP contribution in [0.25, 0.3) is 11.1 Å². The highest BCUT2D eigenvalue weighted by Crippen LogP contribution is 2.44. The van der Waals surface area contributed by atoms with Crippen molar-refractivity contribution < 1.29 is 23.8 Å². The summed E-state index contributed by atoms with van der Waals surface area (Å²) in [5.74, 6) is -1.68. The molecule has 3 aromatic carbocycles. The predicted molar refractivity (Wildman–Crippen MR) is 114 cm³/mol. The average Bonchev–Trinajstić information content (AvgIpc) is 3.07. The van der Waals surface area contributed by atoms with Crippen LogP contribution in [0.15, 0.2) is 66.7 Å². The van der Waals surface area contributed by atoms with Gasteiger partial charge in [-0.25, -0.2) is 14.0 Å². The van der Waals surface area contributed by atoms with E-state index in [1.165, 1.54) is 18.2 Å². The van der Waals surface area contributed by atoms with Gasteiger partial charge in [-0.15, -0.1) is 0 Å². The Morgan fingerprint density at radius 3 is 2.23 bits per heavy atom. The first kappa shape index (κ1) is 20.6. The minimum atomic E-state index is -1.18. The van der Waals surface area contributed by atoms with Crippen LogP contribution in [0.3, 0.4) is 0 Å². The van der Waals surface area contributed by atoms with Gasteiger partial charge in [0.15, 0.2) is 0 Å². The number of rotatable bonds is 6. The molecule has 0 saturated carbocycles. The summed E-state index contributed by atoms with van der Waals surface area (Å²) in [5.41, 5.74) is 5.65. The van der Waals surface area contributed by atoms with Crippen molar-refractivity contribution in [2.45, 2.75) is 25.3 Å². The third kappa shape index (κ3) is 4.28. The Kier molecular flexibility index (Phi) is 5.71. The highest BCUT2D eigenvalue weighted by molar-refractivity contribution is 5.81. The largest absolute Gasteiger partial charge is 0.480 e. The number of fused-ring (bicyclic) bond motifs is 3. The van der Waals surface area contributed by atoms with Gasteiger partial charge in [0.25, 0.3) is 0 Å². The average molecular weight is 419 g/mol. The summed E-state index contributed by atoms with van der Waals surface area (Å²) < 4.78 is 18.7. The third-order valence-electron chi connectivity index (χ3n) is 5.66. The van der Waals surface area contributed by atoms with Gasteiger partial charge in [0.1, 0.15) is 18.5 Å². The minimum absolute atomic E-state index is 0.0334. The van der Waals surface area contributed by atoms with Crippen molar-refractivity contribution in [1.82, 2.24) is 5.32 Å². The normalized spacial score (nSPS) is 13.2. The molecule has 3 aromatic rings. The summed E-state index contributed by atoms with van der Waals surface area (Å²) in [6, 6.07) is 18.9. The Morgan fingerprint density at radius 1 is 1.03 bits per heavy atom. The van der Waals surface area contributed by atoms with Crippen LogP contribution in [0.2, 0.25) is 0 Å². The van der Waals surface area contributed by atoms with E-state index >= 15 is 0 Å². The third-order valence-corrected chi connectivity index (χ3v) is 5.66. The standard InChI is InChI=1S/C25H22FNO4/c1-15-12-17(26)11-10-16(15)13-23(24(28)29)27-25(30)31-14-22-20-8-4-2-6-18(20)19-7-3-5-9-21(19)22/h2-12,22-23H,13-14H2,1H3,(H,27,30)(H,28,29)/t23-/m0/s1. The van der Waals surface area contributed by atoms with E-state index in [2.05, 4.69) is 5.32 Å². The molecular formula is C25H22FNO4. The van der Waals surface area contributed by atoms with E-state index in [0.717, 1.165) is 22.3 Å². The Bertz CT molecular complexity index is 1100. The Hall–Kier alpha value is -3.67. The topological polar surface area (TPSA) is 75.6 Å². The number of carbonyl (C=O) groups excluding carboxylic acids is 1. The van der Waals surface area contributed by atoms with E-state index in [1.54, 1.807) is 6.92 Å². The summed E-state index contributed by atoms with van der Waals surface area (Å²) in [5, 5.41) is 11.9. The number of alkyl carbamates (subject to hydrolysis) is 1. The van der Waals surface area contributed by atoms with Crippen molar-refractivity contribution in [2.24, 2.45) is 0 Å². The van der Waals surface area contributed by atoms with Crippen LogP contribution in [-0.2, 0) is 16.0 Å². The molecule has 31 heavy (non-hydrogen) atoms. The summed E-state index contributed by atoms with van der Waals surface area (Å²) in [6.07, 6.45) is -0.764. The van der Waals surface area contributed by atoms with Gasteiger partial charge in [-0.1, -0.05) is 54.6 Å². The highest BCUT2D eigenvalue weighted by atomic mass is 19.1. The van der Waals surface area contributed by atoms with Gasteiger partial charge in [-0.3, -0.25) is 0 Å². The molecule has 0 unspecified atom stereocenters. The maximum absolute atomic E-state index is 13.3. The van der Waals surface area contributed by atoms with Crippen LogP contribution in [0, 0.1) is 12.7 Å². The molecule has 5 nitrogen and oxygen atoms in total. The fourth-order valence-electron chi connectivity index (χ4n) is 4.09. The molecule has 158 valence electrons. The first-order valence-corrected chi connectivity index (χ1v) is 10.0. The number of benzene rings is 3. The van der Waals surface area contributed by atoms with Crippen molar-refractivity contribution >= 4 is 12.1 Å². The second-order valence-corrected chi connectivity index (χ2v) is 7.64. The second-order valence-electron chi connectivity index (χ2n) is 7.64. The van der Waals surface area contributed by atoms with Crippen molar-refractivity contribution in [3.8, 4) is 11.1 Å². The number of carbonyl (C=O) groups is 2. The van der Waals surface area contributed by atoms with Crippen molar-refractivity contribution in [3.63, 3.8) is 0 Å². The van der Waals surface area contributed by atoms with Crippen molar-refractivity contribution in [1.29, 1.82) is 0 Å². The fraction of sp³-hybridized carbons (Fsp3) is 0.200. The molecule has 0 saturated heterocycles. The van der Waals surface area contributed by atoms with Crippen molar-refractivity contribution in [3.05, 3.63) is 94.8 Å². The summed E-state index contributed by atoms with van der Waals surface area (Å²) >= 11 is 0. The molecule has 1 aliphatic carbocycles. The smallest absolute Gasteiger partial charge is 0.407 e. The molecule has 2 N–H and O–H groups in total. The van der Waals surface area contributed by atoms with Gasteiger partial charge in [-0.2, -0.15) is 0 Å². The zero-order chi connectivity index (χ0) is 22.0. The number of ether oxygens (including phenoxy) is 1. The summed E-state index contributed by atoms with van der Waals surface area (Å²) in [6.45, 7) is 1.80. The Balaban J connectivity index is 1.44. The van der Waals surface area contributed by atoms with Gasteiger partial charge in [0.2, 0.25) is 0 Å². The quantitative estimate of drug-likeness (QED) is 0.609. The van der Waals surface area contributed by atoms with Crippen LogP contribution < -0.4 is 5.32 Å². The molecule has 4 rings (SSSR count). The molecular weight excluding hydrogens is 397 g/mol. The summed E-state index contributed by atoms with van der Waals surface area (Å²) in [7, 11) is 0. The first-order valence-electron chi connectivity index (χ1n) is 10.0. The first-order chi connectivity index (χ1) is 14.9. The number of halogens is 1. The lowest BCUT2D eigenvalue weighted by Crippen LogP contribution is -2.43. The number of hydrogen-bond donors (Lipinski definition) is 2. The van der Waals surface area contributed by atoms with Crippen LogP contribution in [0.1, 0.15) is 28.2 Å². The molecule has 1 amide bonds. The molecule has 1 aliphatic rings. The fourth-order valence-corrected chi connectivity index (χ4v) is 4.09. The molecule has 0 radical (unpaired) electrons. The SMILES string of the molecule is Cc1cc(F)ccc1C[C@H](NC(=O)OCC1c2ccccc2-c2ccccc21)C(=O)O. The van der Waals surface area contributed by atoms with E-state index in [1.807, 2.05) is 48.5 Å². The van der Waals surface area contributed by atoms with Crippen LogP contribution in [0.4, 0.5) is 9.18 Å². The highest BCUT2D eigenvalue weighted by Gasteiger charge is 2.29. The van der Waals surface area contributed by atoms with Gasteiger partial charge in [0, 0.05) is 12.3 Å². The lowest BCUT2D eigenvalue weighted by Gasteiger charge is -2.18. The monoisotopic (exact) mass is 419 g/mol. The Labute approximate surface area is 179 Å². The van der Waals surface area contributed by atoms with Gasteiger partial charge in [0.05, 0.1) is 0 Å². The maximum Gasteiger partial charge on any atom is 0.407 e. The van der Waals surface area contributed by atoms with E-state index in [4.69, 9.17) is 4.74 Å². The number of hydrogen-bond acceptors (Lipinski definition) is 3. The summed E-state index contributed by atoms with van der Waals surface area (Å²) in [4.78, 5) is 24.1. The molecule has 0 heterocycles. The van der Waals surface area contributed by atoms with Gasteiger partial charge in [-0.05, 0) is 52.4 Å². The van der Waals surface area contributed by atoms with E-state index in [-0.39, 0.29) is 18.9 Å². The maximum atomic E-state index is 13.3. The number of carboxylic acid groups (broad SMARTS) is 1. The van der Waals surface area contributed by atoms with Crippen LogP contribution in [0.5, 0.6) is 0 Å². The zero-order valence-electron chi connectivity index (χ0n) is 17.0. The van der Waals surface area contributed by atoms with Gasteiger partial charge >= 0.3 is 12.1 Å². The van der Waals surface area contributed by atoms with Crippen molar-refractivity contribution in [2.75, 3.05) is 6.61 Å². The molecule has 0 fully saturated rings.